The van der Waals surface area contributed by atoms with Crippen molar-refractivity contribution in [2.45, 2.75) is 64.1 Å². The molecule has 4 heterocycles. The summed E-state index contributed by atoms with van der Waals surface area (Å²) in [5.41, 5.74) is 3.09. The van der Waals surface area contributed by atoms with Crippen molar-refractivity contribution >= 4 is 22.6 Å². The number of halogens is 5. The van der Waals surface area contributed by atoms with Crippen LogP contribution in [-0.4, -0.2) is 54.1 Å². The molecule has 1 fully saturated rings. The highest BCUT2D eigenvalue weighted by atomic mass is 19.4. The number of nitrogens with zero attached hydrogens (tertiary/aromatic N) is 6. The first-order valence-corrected chi connectivity index (χ1v) is 11.1. The fraction of sp³-hybridized carbons (Fsp3) is 0.455. The lowest BCUT2D eigenvalue weighted by molar-refractivity contribution is -0.345. The molecule has 13 heteroatoms. The Labute approximate surface area is 196 Å². The monoisotopic (exact) mass is 495 g/mol. The molecular formula is C22H22F5N7O. The highest BCUT2D eigenvalue weighted by molar-refractivity contribution is 5.85. The molecule has 1 aliphatic carbocycles. The zero-order valence-electron chi connectivity index (χ0n) is 18.6. The second-order valence-corrected chi connectivity index (χ2v) is 8.55. The van der Waals surface area contributed by atoms with E-state index in [1.807, 2.05) is 6.07 Å². The van der Waals surface area contributed by atoms with Gasteiger partial charge in [-0.05, 0) is 44.7 Å². The number of ether oxygens (including phenoxy) is 1. The number of aryl methyl sites for hydroxylation is 1. The fourth-order valence-electron chi connectivity index (χ4n) is 4.54. The molecule has 0 saturated heterocycles. The third-order valence-corrected chi connectivity index (χ3v) is 6.15. The van der Waals surface area contributed by atoms with Gasteiger partial charge in [-0.1, -0.05) is 0 Å². The highest BCUT2D eigenvalue weighted by Gasteiger charge is 2.35. The lowest BCUT2D eigenvalue weighted by Crippen LogP contribution is -2.33. The maximum Gasteiger partial charge on any atom is 0.522 e. The van der Waals surface area contributed by atoms with Crippen LogP contribution in [0.2, 0.25) is 0 Å². The molecule has 35 heavy (non-hydrogen) atoms. The molecule has 8 nitrogen and oxygen atoms in total. The SMILES string of the molecule is Cc1nc2ncc(-c3ccn4nc(NC5CCC(OC(F)(F)F)CC5)ncc34)cc2n1CC(F)F. The van der Waals surface area contributed by atoms with Crippen molar-refractivity contribution < 1.29 is 26.7 Å². The Bertz CT molecular complexity index is 1340. The van der Waals surface area contributed by atoms with Crippen LogP contribution >= 0.6 is 0 Å². The lowest BCUT2D eigenvalue weighted by atomic mass is 9.93. The van der Waals surface area contributed by atoms with Crippen molar-refractivity contribution in [2.75, 3.05) is 5.32 Å². The van der Waals surface area contributed by atoms with E-state index in [4.69, 9.17) is 0 Å². The van der Waals surface area contributed by atoms with E-state index < -0.39 is 25.4 Å². The van der Waals surface area contributed by atoms with Gasteiger partial charge in [0, 0.05) is 29.6 Å². The molecule has 1 aliphatic rings. The molecule has 0 aromatic carbocycles. The Hall–Kier alpha value is -3.35. The first-order chi connectivity index (χ1) is 16.7. The van der Waals surface area contributed by atoms with Crippen molar-refractivity contribution in [3.8, 4) is 11.1 Å². The van der Waals surface area contributed by atoms with Crippen LogP contribution in [0.1, 0.15) is 31.5 Å². The molecule has 0 atom stereocenters. The number of nitrogens with one attached hydrogen (secondary N) is 1. The van der Waals surface area contributed by atoms with Gasteiger partial charge >= 0.3 is 6.36 Å². The quantitative estimate of drug-likeness (QED) is 0.380. The predicted molar refractivity (Wildman–Crippen MR) is 117 cm³/mol. The van der Waals surface area contributed by atoms with Gasteiger partial charge in [-0.3, -0.25) is 4.74 Å². The minimum atomic E-state index is -4.62. The van der Waals surface area contributed by atoms with Gasteiger partial charge in [0.1, 0.15) is 5.82 Å². The van der Waals surface area contributed by atoms with Crippen LogP contribution in [-0.2, 0) is 11.3 Å². The number of rotatable bonds is 6. The number of aromatic nitrogens is 6. The van der Waals surface area contributed by atoms with Crippen LogP contribution in [0.25, 0.3) is 27.8 Å². The normalized spacial score (nSPS) is 19.2. The van der Waals surface area contributed by atoms with E-state index in [1.165, 1.54) is 4.57 Å². The number of pyridine rings is 1. The fourth-order valence-corrected chi connectivity index (χ4v) is 4.54. The van der Waals surface area contributed by atoms with Gasteiger partial charge in [-0.25, -0.2) is 28.2 Å². The molecule has 1 saturated carbocycles. The summed E-state index contributed by atoms with van der Waals surface area (Å²) < 4.78 is 70.5. The number of hydrogen-bond donors (Lipinski definition) is 1. The number of anilines is 1. The zero-order chi connectivity index (χ0) is 24.7. The number of alkyl halides is 5. The number of hydrogen-bond acceptors (Lipinski definition) is 6. The van der Waals surface area contributed by atoms with Crippen LogP contribution in [0.5, 0.6) is 0 Å². The van der Waals surface area contributed by atoms with Crippen LogP contribution < -0.4 is 5.32 Å². The summed E-state index contributed by atoms with van der Waals surface area (Å²) in [5.74, 6) is 0.823. The second kappa shape index (κ2) is 9.02. The van der Waals surface area contributed by atoms with E-state index in [2.05, 4.69) is 30.1 Å². The van der Waals surface area contributed by atoms with Gasteiger partial charge in [0.15, 0.2) is 5.65 Å². The van der Waals surface area contributed by atoms with E-state index in [1.54, 1.807) is 36.1 Å². The topological polar surface area (TPSA) is 82.2 Å². The van der Waals surface area contributed by atoms with Crippen molar-refractivity contribution in [2.24, 2.45) is 0 Å². The van der Waals surface area contributed by atoms with Crippen molar-refractivity contribution in [1.29, 1.82) is 0 Å². The highest BCUT2D eigenvalue weighted by Crippen LogP contribution is 2.30. The van der Waals surface area contributed by atoms with Gasteiger partial charge in [0.05, 0.1) is 29.9 Å². The smallest absolute Gasteiger partial charge is 0.350 e. The molecule has 1 N–H and O–H groups in total. The molecule has 0 unspecified atom stereocenters. The summed E-state index contributed by atoms with van der Waals surface area (Å²) in [6, 6.07) is 3.55. The molecule has 0 amide bonds. The average Bonchev–Trinajstić information content (AvgIpc) is 3.34. The van der Waals surface area contributed by atoms with Gasteiger partial charge in [0.25, 0.3) is 6.43 Å². The predicted octanol–water partition coefficient (Wildman–Crippen LogP) is 4.97. The van der Waals surface area contributed by atoms with Crippen LogP contribution in [0, 0.1) is 6.92 Å². The average molecular weight is 495 g/mol. The molecule has 5 rings (SSSR count). The van der Waals surface area contributed by atoms with E-state index in [0.717, 1.165) is 5.56 Å². The minimum absolute atomic E-state index is 0.0551. The first kappa shape index (κ1) is 23.4. The van der Waals surface area contributed by atoms with E-state index in [0.29, 0.717) is 59.7 Å². The molecular weight excluding hydrogens is 473 g/mol. The Morgan fingerprint density at radius 1 is 1.11 bits per heavy atom. The Morgan fingerprint density at radius 2 is 1.89 bits per heavy atom. The van der Waals surface area contributed by atoms with Crippen LogP contribution in [0.4, 0.5) is 27.9 Å². The summed E-state index contributed by atoms with van der Waals surface area (Å²) in [4.78, 5) is 13.0. The molecule has 0 aliphatic heterocycles. The van der Waals surface area contributed by atoms with Gasteiger partial charge in [0.2, 0.25) is 5.95 Å². The zero-order valence-corrected chi connectivity index (χ0v) is 18.6. The third kappa shape index (κ3) is 5.04. The summed E-state index contributed by atoms with van der Waals surface area (Å²) in [7, 11) is 0. The number of imidazole rings is 1. The van der Waals surface area contributed by atoms with Gasteiger partial charge in [-0.2, -0.15) is 0 Å². The van der Waals surface area contributed by atoms with Crippen LogP contribution in [0.15, 0.2) is 30.7 Å². The molecule has 0 spiro atoms. The van der Waals surface area contributed by atoms with Crippen molar-refractivity contribution in [3.05, 3.63) is 36.5 Å². The Kier molecular flexibility index (Phi) is 6.03. The second-order valence-electron chi connectivity index (χ2n) is 8.55. The Balaban J connectivity index is 1.34. The molecule has 4 aromatic rings. The molecule has 4 aromatic heterocycles. The minimum Gasteiger partial charge on any atom is -0.350 e. The maximum atomic E-state index is 13.0. The van der Waals surface area contributed by atoms with E-state index in [-0.39, 0.29) is 6.04 Å². The molecule has 0 bridgehead atoms. The molecule has 186 valence electrons. The first-order valence-electron chi connectivity index (χ1n) is 11.1. The van der Waals surface area contributed by atoms with E-state index in [9.17, 15) is 22.0 Å². The Morgan fingerprint density at radius 3 is 2.60 bits per heavy atom. The molecule has 0 radical (unpaired) electrons. The summed E-state index contributed by atoms with van der Waals surface area (Å²) in [6.07, 6.45) is -1.34. The van der Waals surface area contributed by atoms with Gasteiger partial charge < -0.3 is 9.88 Å². The lowest BCUT2D eigenvalue weighted by Gasteiger charge is -2.29. The largest absolute Gasteiger partial charge is 0.522 e. The van der Waals surface area contributed by atoms with E-state index >= 15 is 0 Å². The standard InChI is InChI=1S/C22H22F5N7O/c1-12-30-20-17(33(12)11-19(23)24)8-13(9-28-20)16-6-7-34-18(16)10-29-21(32-34)31-14-2-4-15(5-3-14)35-22(25,26)27/h6-10,14-15,19H,2-5,11H2,1H3,(H,31,32). The van der Waals surface area contributed by atoms with Crippen LogP contribution in [0.3, 0.4) is 0 Å². The number of fused-ring (bicyclic) bond motifs is 2. The maximum absolute atomic E-state index is 13.0. The summed E-state index contributed by atoms with van der Waals surface area (Å²) in [5, 5.41) is 7.65. The summed E-state index contributed by atoms with van der Waals surface area (Å²) in [6.45, 7) is 1.20. The van der Waals surface area contributed by atoms with Crippen molar-refractivity contribution in [3.63, 3.8) is 0 Å². The summed E-state index contributed by atoms with van der Waals surface area (Å²) >= 11 is 0. The van der Waals surface area contributed by atoms with Crippen molar-refractivity contribution in [1.82, 2.24) is 29.1 Å². The van der Waals surface area contributed by atoms with Gasteiger partial charge in [-0.15, -0.1) is 18.3 Å². The third-order valence-electron chi connectivity index (χ3n) is 6.15.